The van der Waals surface area contributed by atoms with Gasteiger partial charge in [0, 0.05) is 34.0 Å². The molecule has 0 spiro atoms. The normalized spacial score (nSPS) is 26.4. The Kier molecular flexibility index (Phi) is 3.88. The molecule has 2 aliphatic carbocycles. The number of imide groups is 1. The Balaban J connectivity index is 1.24. The summed E-state index contributed by atoms with van der Waals surface area (Å²) < 4.78 is 2.25. The number of allylic oxidation sites excluding steroid dienone is 2. The first-order valence-corrected chi connectivity index (χ1v) is 10.9. The van der Waals surface area contributed by atoms with Crippen LogP contribution < -0.4 is 5.32 Å². The van der Waals surface area contributed by atoms with Gasteiger partial charge in [0.2, 0.25) is 17.7 Å². The number of carbonyl (C=O) groups is 3. The van der Waals surface area contributed by atoms with Crippen molar-refractivity contribution in [1.29, 1.82) is 0 Å². The van der Waals surface area contributed by atoms with Crippen LogP contribution in [0, 0.1) is 23.7 Å². The Morgan fingerprint density at radius 3 is 2.35 bits per heavy atom. The summed E-state index contributed by atoms with van der Waals surface area (Å²) in [7, 11) is 0. The molecule has 1 saturated heterocycles. The number of hydrogen-bond acceptors (Lipinski definition) is 3. The van der Waals surface area contributed by atoms with Crippen LogP contribution in [0.25, 0.3) is 21.8 Å². The zero-order chi connectivity index (χ0) is 21.3. The molecule has 1 aromatic heterocycles. The molecule has 6 nitrogen and oxygen atoms in total. The molecule has 1 N–H and O–H groups in total. The number of amides is 3. The van der Waals surface area contributed by atoms with Crippen molar-refractivity contribution in [2.45, 2.75) is 19.9 Å². The van der Waals surface area contributed by atoms with Crippen LogP contribution in [0.15, 0.2) is 54.6 Å². The molecule has 2 heterocycles. The maximum Gasteiger partial charge on any atom is 0.244 e. The second-order valence-electron chi connectivity index (χ2n) is 8.80. The second-order valence-corrected chi connectivity index (χ2v) is 8.80. The molecule has 2 aromatic carbocycles. The van der Waals surface area contributed by atoms with E-state index in [1.165, 1.54) is 0 Å². The van der Waals surface area contributed by atoms with Crippen molar-refractivity contribution < 1.29 is 14.4 Å². The lowest BCUT2D eigenvalue weighted by Gasteiger charge is -2.17. The van der Waals surface area contributed by atoms with E-state index in [2.05, 4.69) is 41.1 Å². The molecule has 2 bridgehead atoms. The Labute approximate surface area is 179 Å². The van der Waals surface area contributed by atoms with E-state index in [0.717, 1.165) is 39.7 Å². The van der Waals surface area contributed by atoms with E-state index in [1.807, 2.05) is 30.3 Å². The minimum atomic E-state index is -0.347. The van der Waals surface area contributed by atoms with Crippen LogP contribution in [-0.2, 0) is 20.9 Å². The fourth-order valence-electron chi connectivity index (χ4n) is 5.94. The van der Waals surface area contributed by atoms with E-state index in [4.69, 9.17) is 0 Å². The van der Waals surface area contributed by atoms with Gasteiger partial charge in [0.15, 0.2) is 0 Å². The first-order chi connectivity index (χ1) is 15.1. The van der Waals surface area contributed by atoms with Gasteiger partial charge in [-0.2, -0.15) is 0 Å². The van der Waals surface area contributed by atoms with Crippen LogP contribution in [0.1, 0.15) is 13.3 Å². The van der Waals surface area contributed by atoms with Gasteiger partial charge in [0.25, 0.3) is 0 Å². The lowest BCUT2D eigenvalue weighted by Crippen LogP contribution is -2.39. The Bertz CT molecular complexity index is 1270. The number of hydrogen-bond donors (Lipinski definition) is 1. The van der Waals surface area contributed by atoms with Gasteiger partial charge in [-0.15, -0.1) is 0 Å². The van der Waals surface area contributed by atoms with Gasteiger partial charge >= 0.3 is 0 Å². The largest absolute Gasteiger partial charge is 0.341 e. The number of likely N-dealkylation sites (tertiary alicyclic amines) is 1. The molecule has 1 saturated carbocycles. The van der Waals surface area contributed by atoms with Crippen molar-refractivity contribution in [1.82, 2.24) is 9.47 Å². The van der Waals surface area contributed by atoms with Crippen LogP contribution in [0.4, 0.5) is 5.69 Å². The highest BCUT2D eigenvalue weighted by Crippen LogP contribution is 2.52. The first kappa shape index (κ1) is 18.4. The van der Waals surface area contributed by atoms with Crippen molar-refractivity contribution in [2.24, 2.45) is 23.7 Å². The third-order valence-electron chi connectivity index (χ3n) is 7.24. The molecule has 0 radical (unpaired) electrons. The second kappa shape index (κ2) is 6.54. The van der Waals surface area contributed by atoms with Crippen LogP contribution in [0.5, 0.6) is 0 Å². The summed E-state index contributed by atoms with van der Waals surface area (Å²) in [6.45, 7) is 2.75. The van der Waals surface area contributed by atoms with Crippen molar-refractivity contribution in [3.05, 3.63) is 54.6 Å². The highest BCUT2D eigenvalue weighted by molar-refractivity contribution is 6.11. The van der Waals surface area contributed by atoms with E-state index in [0.29, 0.717) is 5.69 Å². The highest BCUT2D eigenvalue weighted by atomic mass is 16.2. The summed E-state index contributed by atoms with van der Waals surface area (Å²) in [5.74, 6) is -0.971. The summed E-state index contributed by atoms with van der Waals surface area (Å²) in [5, 5.41) is 5.09. The third-order valence-corrected chi connectivity index (χ3v) is 7.24. The lowest BCUT2D eigenvalue weighted by atomic mass is 9.85. The summed E-state index contributed by atoms with van der Waals surface area (Å²) in [5.41, 5.74) is 2.94. The maximum atomic E-state index is 12.8. The number of aromatic nitrogens is 1. The van der Waals surface area contributed by atoms with Crippen LogP contribution in [-0.4, -0.2) is 33.7 Å². The summed E-state index contributed by atoms with van der Waals surface area (Å²) in [4.78, 5) is 39.5. The molecule has 6 rings (SSSR count). The van der Waals surface area contributed by atoms with Gasteiger partial charge < -0.3 is 9.88 Å². The van der Waals surface area contributed by atoms with Gasteiger partial charge in [-0.3, -0.25) is 19.3 Å². The predicted octanol–water partition coefficient (Wildman–Crippen LogP) is 3.56. The fraction of sp³-hybridized carbons (Fsp3) is 0.320. The number of nitrogens with one attached hydrogen (secondary N) is 1. The Morgan fingerprint density at radius 1 is 0.968 bits per heavy atom. The van der Waals surface area contributed by atoms with E-state index >= 15 is 0 Å². The van der Waals surface area contributed by atoms with Gasteiger partial charge in [0.1, 0.15) is 6.54 Å². The van der Waals surface area contributed by atoms with Crippen LogP contribution in [0.3, 0.4) is 0 Å². The number of nitrogens with zero attached hydrogens (tertiary/aromatic N) is 2. The molecule has 0 unspecified atom stereocenters. The van der Waals surface area contributed by atoms with Gasteiger partial charge in [-0.25, -0.2) is 0 Å². The molecule has 3 aromatic rings. The molecule has 2 fully saturated rings. The quantitative estimate of drug-likeness (QED) is 0.525. The first-order valence-electron chi connectivity index (χ1n) is 10.9. The van der Waals surface area contributed by atoms with Crippen molar-refractivity contribution >= 4 is 45.2 Å². The number of benzene rings is 2. The average Bonchev–Trinajstić information content (AvgIpc) is 3.52. The molecular formula is C25H23N3O3. The molecule has 1 aliphatic heterocycles. The number of rotatable bonds is 4. The number of aryl methyl sites for hydroxylation is 1. The molecule has 156 valence electrons. The molecule has 4 atom stereocenters. The van der Waals surface area contributed by atoms with Crippen molar-refractivity contribution in [2.75, 3.05) is 11.9 Å². The van der Waals surface area contributed by atoms with E-state index in [-0.39, 0.29) is 47.9 Å². The molecule has 3 aliphatic rings. The zero-order valence-electron chi connectivity index (χ0n) is 17.2. The number of fused-ring (bicyclic) bond motifs is 8. The average molecular weight is 413 g/mol. The van der Waals surface area contributed by atoms with Crippen molar-refractivity contribution in [3.63, 3.8) is 0 Å². The lowest BCUT2D eigenvalue weighted by molar-refractivity contribution is -0.143. The summed E-state index contributed by atoms with van der Waals surface area (Å²) in [6, 6.07) is 14.1. The number of anilines is 1. The molecule has 6 heteroatoms. The van der Waals surface area contributed by atoms with Gasteiger partial charge in [0.05, 0.1) is 11.8 Å². The highest BCUT2D eigenvalue weighted by Gasteiger charge is 2.59. The monoisotopic (exact) mass is 413 g/mol. The summed E-state index contributed by atoms with van der Waals surface area (Å²) >= 11 is 0. The van der Waals surface area contributed by atoms with Crippen LogP contribution in [0.2, 0.25) is 0 Å². The zero-order valence-corrected chi connectivity index (χ0v) is 17.2. The minimum absolute atomic E-state index is 0.151. The third kappa shape index (κ3) is 2.54. The van der Waals surface area contributed by atoms with E-state index in [9.17, 15) is 14.4 Å². The Morgan fingerprint density at radius 2 is 1.65 bits per heavy atom. The Hall–Kier alpha value is -3.41. The SMILES string of the molecule is CCn1c2ccccc2c2cc(NC(=O)CN3C(=O)[C@@H]4[C@@H](C3=O)[C@H]3C=C[C@H]4C3)ccc21. The van der Waals surface area contributed by atoms with Crippen molar-refractivity contribution in [3.8, 4) is 0 Å². The summed E-state index contributed by atoms with van der Waals surface area (Å²) in [6.07, 6.45) is 5.00. The van der Waals surface area contributed by atoms with E-state index in [1.54, 1.807) is 0 Å². The fourth-order valence-corrected chi connectivity index (χ4v) is 5.94. The topological polar surface area (TPSA) is 71.4 Å². The standard InChI is InChI=1S/C25H23N3O3/c1-2-27-19-6-4-3-5-17(19)18-12-16(9-10-20(18)27)26-21(29)13-28-24(30)22-14-7-8-15(11-14)23(22)25(28)31/h3-10,12,14-15,22-23H,2,11,13H2,1H3,(H,26,29)/t14-,15-,22-,23-/m0/s1. The predicted molar refractivity (Wildman–Crippen MR) is 118 cm³/mol. The smallest absolute Gasteiger partial charge is 0.244 e. The number of para-hydroxylation sites is 1. The van der Waals surface area contributed by atoms with Crippen LogP contribution >= 0.6 is 0 Å². The van der Waals surface area contributed by atoms with Gasteiger partial charge in [-0.1, -0.05) is 30.4 Å². The maximum absolute atomic E-state index is 12.8. The molecular weight excluding hydrogens is 390 g/mol. The minimum Gasteiger partial charge on any atom is -0.341 e. The van der Waals surface area contributed by atoms with Gasteiger partial charge in [-0.05, 0) is 49.4 Å². The molecule has 31 heavy (non-hydrogen) atoms. The van der Waals surface area contributed by atoms with E-state index < -0.39 is 0 Å². The molecule has 3 amide bonds. The number of carbonyl (C=O) groups excluding carboxylic acids is 3.